The van der Waals surface area contributed by atoms with Gasteiger partial charge in [0, 0.05) is 20.8 Å². The van der Waals surface area contributed by atoms with Crippen molar-refractivity contribution in [2.24, 2.45) is 0 Å². The van der Waals surface area contributed by atoms with Crippen LogP contribution in [0.4, 0.5) is 0 Å². The molecule has 2 aromatic heterocycles. The SMILES string of the molecule is Ic1ccc(-c2cc3ccncc3[nH]2)cc1. The van der Waals surface area contributed by atoms with Crippen molar-refractivity contribution in [3.05, 3.63) is 52.4 Å². The average Bonchev–Trinajstić information content (AvgIpc) is 2.73. The van der Waals surface area contributed by atoms with Crippen LogP contribution in [-0.2, 0) is 0 Å². The van der Waals surface area contributed by atoms with Crippen molar-refractivity contribution in [3.8, 4) is 11.3 Å². The van der Waals surface area contributed by atoms with Crippen LogP contribution in [0.5, 0.6) is 0 Å². The summed E-state index contributed by atoms with van der Waals surface area (Å²) in [4.78, 5) is 7.47. The highest BCUT2D eigenvalue weighted by Crippen LogP contribution is 2.23. The van der Waals surface area contributed by atoms with E-state index in [0.717, 1.165) is 11.2 Å². The van der Waals surface area contributed by atoms with E-state index in [4.69, 9.17) is 0 Å². The molecule has 0 radical (unpaired) electrons. The minimum Gasteiger partial charge on any atom is -0.353 e. The van der Waals surface area contributed by atoms with E-state index in [1.165, 1.54) is 14.5 Å². The van der Waals surface area contributed by atoms with Crippen LogP contribution in [0, 0.1) is 3.57 Å². The van der Waals surface area contributed by atoms with E-state index >= 15 is 0 Å². The number of benzene rings is 1. The third-order valence-corrected chi connectivity index (χ3v) is 3.30. The number of halogens is 1. The molecule has 2 nitrogen and oxygen atoms in total. The van der Waals surface area contributed by atoms with Crippen molar-refractivity contribution in [1.82, 2.24) is 9.97 Å². The summed E-state index contributed by atoms with van der Waals surface area (Å²) in [6, 6.07) is 12.6. The normalized spacial score (nSPS) is 10.8. The van der Waals surface area contributed by atoms with Gasteiger partial charge in [-0.2, -0.15) is 0 Å². The molecular formula is C13H9IN2. The Morgan fingerprint density at radius 3 is 2.62 bits per heavy atom. The zero-order valence-electron chi connectivity index (χ0n) is 8.44. The summed E-state index contributed by atoms with van der Waals surface area (Å²) in [6.45, 7) is 0. The van der Waals surface area contributed by atoms with Crippen molar-refractivity contribution in [2.45, 2.75) is 0 Å². The van der Waals surface area contributed by atoms with Gasteiger partial charge in [0.25, 0.3) is 0 Å². The Kier molecular flexibility index (Phi) is 2.40. The zero-order valence-corrected chi connectivity index (χ0v) is 10.6. The Labute approximate surface area is 107 Å². The first-order valence-electron chi connectivity index (χ1n) is 5.01. The summed E-state index contributed by atoms with van der Waals surface area (Å²) in [5.41, 5.74) is 3.42. The Morgan fingerprint density at radius 2 is 1.88 bits per heavy atom. The first-order chi connectivity index (χ1) is 7.83. The van der Waals surface area contributed by atoms with Crippen LogP contribution in [0.2, 0.25) is 0 Å². The van der Waals surface area contributed by atoms with Crippen molar-refractivity contribution in [1.29, 1.82) is 0 Å². The van der Waals surface area contributed by atoms with Gasteiger partial charge in [0.05, 0.1) is 11.7 Å². The number of fused-ring (bicyclic) bond motifs is 1. The molecule has 1 N–H and O–H groups in total. The molecule has 2 heterocycles. The van der Waals surface area contributed by atoms with Crippen LogP contribution in [0.1, 0.15) is 0 Å². The summed E-state index contributed by atoms with van der Waals surface area (Å²) >= 11 is 2.31. The molecule has 0 aliphatic carbocycles. The number of aromatic nitrogens is 2. The van der Waals surface area contributed by atoms with Crippen LogP contribution in [0.25, 0.3) is 22.2 Å². The van der Waals surface area contributed by atoms with Gasteiger partial charge in [0.15, 0.2) is 0 Å². The lowest BCUT2D eigenvalue weighted by Gasteiger charge is -1.97. The molecule has 0 saturated carbocycles. The molecule has 0 fully saturated rings. The number of aromatic amines is 1. The van der Waals surface area contributed by atoms with E-state index in [-0.39, 0.29) is 0 Å². The number of H-pyrrole nitrogens is 1. The van der Waals surface area contributed by atoms with E-state index < -0.39 is 0 Å². The second-order valence-electron chi connectivity index (χ2n) is 3.65. The van der Waals surface area contributed by atoms with Crippen LogP contribution in [-0.4, -0.2) is 9.97 Å². The maximum atomic E-state index is 4.10. The summed E-state index contributed by atoms with van der Waals surface area (Å²) in [6.07, 6.45) is 3.67. The number of hydrogen-bond donors (Lipinski definition) is 1. The predicted molar refractivity (Wildman–Crippen MR) is 74.2 cm³/mol. The van der Waals surface area contributed by atoms with E-state index in [1.54, 1.807) is 0 Å². The molecule has 3 rings (SSSR count). The van der Waals surface area contributed by atoms with Crippen molar-refractivity contribution < 1.29 is 0 Å². The van der Waals surface area contributed by atoms with Gasteiger partial charge in [-0.3, -0.25) is 4.98 Å². The fourth-order valence-electron chi connectivity index (χ4n) is 1.76. The molecule has 0 unspecified atom stereocenters. The largest absolute Gasteiger partial charge is 0.353 e. The summed E-state index contributed by atoms with van der Waals surface area (Å²) in [5.74, 6) is 0. The maximum absolute atomic E-state index is 4.10. The number of hydrogen-bond acceptors (Lipinski definition) is 1. The molecule has 0 bridgehead atoms. The summed E-state index contributed by atoms with van der Waals surface area (Å²) in [5, 5.41) is 1.20. The Bertz CT molecular complexity index is 593. The third-order valence-electron chi connectivity index (χ3n) is 2.58. The topological polar surface area (TPSA) is 28.7 Å². The Morgan fingerprint density at radius 1 is 1.06 bits per heavy atom. The van der Waals surface area contributed by atoms with Gasteiger partial charge in [-0.1, -0.05) is 12.1 Å². The zero-order chi connectivity index (χ0) is 11.0. The second kappa shape index (κ2) is 3.90. The van der Waals surface area contributed by atoms with Crippen LogP contribution < -0.4 is 0 Å². The number of nitrogens with one attached hydrogen (secondary N) is 1. The summed E-state index contributed by atoms with van der Waals surface area (Å²) in [7, 11) is 0. The van der Waals surface area contributed by atoms with E-state index in [1.807, 2.05) is 18.5 Å². The fraction of sp³-hybridized carbons (Fsp3) is 0. The van der Waals surface area contributed by atoms with Gasteiger partial charge < -0.3 is 4.98 Å². The minimum atomic E-state index is 1.08. The predicted octanol–water partition coefficient (Wildman–Crippen LogP) is 3.83. The molecule has 0 aliphatic heterocycles. The quantitative estimate of drug-likeness (QED) is 0.678. The number of rotatable bonds is 1. The summed E-state index contributed by atoms with van der Waals surface area (Å²) < 4.78 is 1.25. The van der Waals surface area contributed by atoms with Crippen molar-refractivity contribution >= 4 is 33.5 Å². The molecule has 0 saturated heterocycles. The maximum Gasteiger partial charge on any atom is 0.0645 e. The molecule has 0 amide bonds. The smallest absolute Gasteiger partial charge is 0.0645 e. The van der Waals surface area contributed by atoms with Gasteiger partial charge in [-0.05, 0) is 52.4 Å². The third kappa shape index (κ3) is 1.71. The average molecular weight is 320 g/mol. The lowest BCUT2D eigenvalue weighted by atomic mass is 10.1. The van der Waals surface area contributed by atoms with E-state index in [9.17, 15) is 0 Å². The monoisotopic (exact) mass is 320 g/mol. The van der Waals surface area contributed by atoms with Gasteiger partial charge in [0.2, 0.25) is 0 Å². The highest BCUT2D eigenvalue weighted by atomic mass is 127. The standard InChI is InChI=1S/C13H9IN2/c14-11-3-1-9(2-4-11)12-7-10-5-6-15-8-13(10)16-12/h1-8,16H. The molecule has 3 heteroatoms. The number of nitrogens with zero attached hydrogens (tertiary/aromatic N) is 1. The first kappa shape index (κ1) is 9.84. The van der Waals surface area contributed by atoms with Gasteiger partial charge in [0.1, 0.15) is 0 Å². The van der Waals surface area contributed by atoms with Gasteiger partial charge >= 0.3 is 0 Å². The fourth-order valence-corrected chi connectivity index (χ4v) is 2.12. The first-order valence-corrected chi connectivity index (χ1v) is 6.09. The highest BCUT2D eigenvalue weighted by molar-refractivity contribution is 14.1. The lowest BCUT2D eigenvalue weighted by molar-refractivity contribution is 1.34. The van der Waals surface area contributed by atoms with Crippen molar-refractivity contribution in [2.75, 3.05) is 0 Å². The molecule has 16 heavy (non-hydrogen) atoms. The van der Waals surface area contributed by atoms with E-state index in [0.29, 0.717) is 0 Å². The van der Waals surface area contributed by atoms with Gasteiger partial charge in [-0.25, -0.2) is 0 Å². The minimum absolute atomic E-state index is 1.08. The molecule has 3 aromatic rings. The highest BCUT2D eigenvalue weighted by Gasteiger charge is 2.02. The van der Waals surface area contributed by atoms with Crippen LogP contribution in [0.15, 0.2) is 48.8 Å². The lowest BCUT2D eigenvalue weighted by Crippen LogP contribution is -1.77. The van der Waals surface area contributed by atoms with Crippen LogP contribution >= 0.6 is 22.6 Å². The molecule has 0 atom stereocenters. The van der Waals surface area contributed by atoms with Crippen molar-refractivity contribution in [3.63, 3.8) is 0 Å². The van der Waals surface area contributed by atoms with Crippen LogP contribution in [0.3, 0.4) is 0 Å². The molecular weight excluding hydrogens is 311 g/mol. The Hall–Kier alpha value is -1.36. The molecule has 78 valence electrons. The second-order valence-corrected chi connectivity index (χ2v) is 4.90. The molecule has 0 aliphatic rings. The van der Waals surface area contributed by atoms with Gasteiger partial charge in [-0.15, -0.1) is 0 Å². The number of pyridine rings is 1. The Balaban J connectivity index is 2.15. The molecule has 0 spiro atoms. The van der Waals surface area contributed by atoms with E-state index in [2.05, 4.69) is 62.9 Å². The molecule has 1 aromatic carbocycles.